The average molecular weight is 199 g/mol. The maximum absolute atomic E-state index is 5.74. The summed E-state index contributed by atoms with van der Waals surface area (Å²) in [6.07, 6.45) is 1.64. The fourth-order valence-electron chi connectivity index (χ4n) is 0.934. The molecule has 0 aromatic rings. The minimum Gasteiger partial charge on any atom is -0.382 e. The van der Waals surface area contributed by atoms with Crippen molar-refractivity contribution in [3.8, 4) is 11.8 Å². The average Bonchev–Trinajstić information content (AvgIpc) is 2.20. The van der Waals surface area contributed by atoms with Gasteiger partial charge in [-0.1, -0.05) is 0 Å². The van der Waals surface area contributed by atoms with Gasteiger partial charge in [0.2, 0.25) is 0 Å². The molecule has 0 bridgehead atoms. The maximum Gasteiger partial charge on any atom is 0.0626 e. The molecule has 0 aromatic carbocycles. The van der Waals surface area contributed by atoms with Crippen molar-refractivity contribution in [2.45, 2.75) is 32.7 Å². The zero-order valence-corrected chi connectivity index (χ0v) is 9.21. The lowest BCUT2D eigenvalue weighted by molar-refractivity contribution is 0.0820. The molecule has 0 heterocycles. The normalized spacial score (nSPS) is 11.9. The van der Waals surface area contributed by atoms with Gasteiger partial charge in [-0.2, -0.15) is 0 Å². The quantitative estimate of drug-likeness (QED) is 0.471. The summed E-state index contributed by atoms with van der Waals surface area (Å²) in [6.45, 7) is 6.63. The highest BCUT2D eigenvalue weighted by atomic mass is 16.5. The Labute approximate surface area is 87.0 Å². The van der Waals surface area contributed by atoms with Gasteiger partial charge in [-0.25, -0.2) is 0 Å². The van der Waals surface area contributed by atoms with Gasteiger partial charge in [0.1, 0.15) is 0 Å². The molecule has 0 spiro atoms. The molecule has 0 amide bonds. The largest absolute Gasteiger partial charge is 0.382 e. The summed E-state index contributed by atoms with van der Waals surface area (Å²) in [4.78, 5) is 0. The molecule has 0 aromatic heterocycles. The molecule has 0 fully saturated rings. The summed E-state index contributed by atoms with van der Waals surface area (Å²) in [5.41, 5.74) is 5.74. The van der Waals surface area contributed by atoms with Crippen LogP contribution in [0.4, 0.5) is 0 Å². The van der Waals surface area contributed by atoms with E-state index < -0.39 is 0 Å². The Kier molecular flexibility index (Phi) is 10.1. The highest BCUT2D eigenvalue weighted by Gasteiger charge is 1.99. The Morgan fingerprint density at radius 2 is 2.00 bits per heavy atom. The van der Waals surface area contributed by atoms with Crippen LogP contribution in [0.1, 0.15) is 26.7 Å². The third kappa shape index (κ3) is 9.53. The molecule has 14 heavy (non-hydrogen) atoms. The van der Waals surface area contributed by atoms with Crippen molar-refractivity contribution in [2.75, 3.05) is 26.4 Å². The van der Waals surface area contributed by atoms with Gasteiger partial charge >= 0.3 is 0 Å². The minimum atomic E-state index is 0.0366. The molecular weight excluding hydrogens is 178 g/mol. The lowest BCUT2D eigenvalue weighted by Gasteiger charge is -2.08. The van der Waals surface area contributed by atoms with Crippen molar-refractivity contribution in [3.63, 3.8) is 0 Å². The second kappa shape index (κ2) is 10.5. The van der Waals surface area contributed by atoms with E-state index in [1.165, 1.54) is 0 Å². The van der Waals surface area contributed by atoms with E-state index >= 15 is 0 Å². The van der Waals surface area contributed by atoms with Gasteiger partial charge in [0.05, 0.1) is 6.61 Å². The molecule has 3 nitrogen and oxygen atoms in total. The van der Waals surface area contributed by atoms with Crippen LogP contribution in [-0.4, -0.2) is 32.5 Å². The summed E-state index contributed by atoms with van der Waals surface area (Å²) in [5.74, 6) is 5.74. The third-order valence-electron chi connectivity index (χ3n) is 1.65. The van der Waals surface area contributed by atoms with E-state index in [0.717, 1.165) is 19.6 Å². The molecule has 3 heteroatoms. The van der Waals surface area contributed by atoms with E-state index in [9.17, 15) is 0 Å². The van der Waals surface area contributed by atoms with Crippen molar-refractivity contribution in [1.29, 1.82) is 0 Å². The van der Waals surface area contributed by atoms with E-state index in [1.54, 1.807) is 0 Å². The zero-order chi connectivity index (χ0) is 10.6. The lowest BCUT2D eigenvalue weighted by Crippen LogP contribution is -2.25. The molecule has 0 saturated carbocycles. The van der Waals surface area contributed by atoms with Crippen LogP contribution in [0.25, 0.3) is 0 Å². The van der Waals surface area contributed by atoms with Crippen LogP contribution in [-0.2, 0) is 9.47 Å². The molecular formula is C11H21NO2. The predicted molar refractivity (Wildman–Crippen MR) is 58.0 cm³/mol. The first-order valence-corrected chi connectivity index (χ1v) is 5.12. The Balaban J connectivity index is 3.13. The van der Waals surface area contributed by atoms with Gasteiger partial charge in [0, 0.05) is 32.3 Å². The number of rotatable bonds is 8. The van der Waals surface area contributed by atoms with E-state index in [2.05, 4.69) is 11.8 Å². The molecule has 2 N–H and O–H groups in total. The van der Waals surface area contributed by atoms with Crippen LogP contribution in [0, 0.1) is 11.8 Å². The highest BCUT2D eigenvalue weighted by Crippen LogP contribution is 1.90. The molecule has 0 saturated heterocycles. The van der Waals surface area contributed by atoms with Crippen molar-refractivity contribution >= 4 is 0 Å². The smallest absolute Gasteiger partial charge is 0.0626 e. The number of nitrogens with two attached hydrogens (primary N) is 1. The predicted octanol–water partition coefficient (Wildman–Crippen LogP) is 1.17. The minimum absolute atomic E-state index is 0.0366. The fourth-order valence-corrected chi connectivity index (χ4v) is 0.934. The Hall–Kier alpha value is -0.560. The van der Waals surface area contributed by atoms with Crippen molar-refractivity contribution < 1.29 is 9.47 Å². The van der Waals surface area contributed by atoms with Gasteiger partial charge in [-0.05, 0) is 20.3 Å². The number of ether oxygens (including phenoxy) is 2. The van der Waals surface area contributed by atoms with Crippen LogP contribution < -0.4 is 5.73 Å². The van der Waals surface area contributed by atoms with E-state index in [4.69, 9.17) is 15.2 Å². The first-order chi connectivity index (χ1) is 6.81. The molecule has 0 aliphatic carbocycles. The van der Waals surface area contributed by atoms with Gasteiger partial charge in [-0.15, -0.1) is 11.8 Å². The van der Waals surface area contributed by atoms with Crippen molar-refractivity contribution in [3.05, 3.63) is 0 Å². The van der Waals surface area contributed by atoms with Crippen LogP contribution in [0.5, 0.6) is 0 Å². The molecule has 0 aliphatic heterocycles. The summed E-state index contributed by atoms with van der Waals surface area (Å²) < 4.78 is 10.5. The van der Waals surface area contributed by atoms with Crippen LogP contribution in [0.3, 0.4) is 0 Å². The monoisotopic (exact) mass is 199 g/mol. The Morgan fingerprint density at radius 3 is 2.64 bits per heavy atom. The molecule has 0 aliphatic rings. The maximum atomic E-state index is 5.74. The van der Waals surface area contributed by atoms with Gasteiger partial charge in [0.25, 0.3) is 0 Å². The number of hydrogen-bond acceptors (Lipinski definition) is 3. The summed E-state index contributed by atoms with van der Waals surface area (Å²) >= 11 is 0. The molecule has 1 unspecified atom stereocenters. The topological polar surface area (TPSA) is 44.5 Å². The van der Waals surface area contributed by atoms with Crippen LogP contribution in [0.2, 0.25) is 0 Å². The van der Waals surface area contributed by atoms with E-state index in [1.807, 2.05) is 13.8 Å². The lowest BCUT2D eigenvalue weighted by atomic mass is 10.2. The Morgan fingerprint density at radius 1 is 1.29 bits per heavy atom. The molecule has 0 radical (unpaired) electrons. The third-order valence-corrected chi connectivity index (χ3v) is 1.65. The van der Waals surface area contributed by atoms with E-state index in [0.29, 0.717) is 19.6 Å². The summed E-state index contributed by atoms with van der Waals surface area (Å²) in [5, 5.41) is 0. The zero-order valence-electron chi connectivity index (χ0n) is 9.21. The highest BCUT2D eigenvalue weighted by molar-refractivity contribution is 4.97. The van der Waals surface area contributed by atoms with Gasteiger partial charge in [0.15, 0.2) is 0 Å². The number of hydrogen-bond donors (Lipinski definition) is 1. The Bertz CT molecular complexity index is 172. The van der Waals surface area contributed by atoms with Crippen LogP contribution >= 0.6 is 0 Å². The van der Waals surface area contributed by atoms with Crippen molar-refractivity contribution in [1.82, 2.24) is 0 Å². The van der Waals surface area contributed by atoms with Gasteiger partial charge in [-0.3, -0.25) is 0 Å². The molecule has 1 atom stereocenters. The standard InChI is InChI=1S/C11H21NO2/c1-3-5-7-11(12)10-14-9-6-8-13-4-2/h11H,4,6-10,12H2,1-2H3. The summed E-state index contributed by atoms with van der Waals surface area (Å²) in [7, 11) is 0. The first-order valence-electron chi connectivity index (χ1n) is 5.12. The second-order valence-electron chi connectivity index (χ2n) is 3.02. The van der Waals surface area contributed by atoms with Crippen molar-refractivity contribution in [2.24, 2.45) is 5.73 Å². The SMILES string of the molecule is CC#CCC(N)COCCCOCC. The van der Waals surface area contributed by atoms with Crippen LogP contribution in [0.15, 0.2) is 0 Å². The first kappa shape index (κ1) is 13.4. The van der Waals surface area contributed by atoms with Gasteiger partial charge < -0.3 is 15.2 Å². The summed E-state index contributed by atoms with van der Waals surface area (Å²) in [6, 6.07) is 0.0366. The van der Waals surface area contributed by atoms with E-state index in [-0.39, 0.29) is 6.04 Å². The fraction of sp³-hybridized carbons (Fsp3) is 0.818. The molecule has 0 rings (SSSR count). The molecule has 82 valence electrons. The second-order valence-corrected chi connectivity index (χ2v) is 3.02.